The van der Waals surface area contributed by atoms with Crippen LogP contribution in [-0.2, 0) is 14.8 Å². The number of amides is 1. The van der Waals surface area contributed by atoms with Gasteiger partial charge in [0.15, 0.2) is 0 Å². The van der Waals surface area contributed by atoms with E-state index in [2.05, 4.69) is 22.2 Å². The maximum atomic E-state index is 13.2. The van der Waals surface area contributed by atoms with Crippen molar-refractivity contribution in [2.24, 2.45) is 5.92 Å². The predicted molar refractivity (Wildman–Crippen MR) is 123 cm³/mol. The summed E-state index contributed by atoms with van der Waals surface area (Å²) in [6, 6.07) is 12.6. The van der Waals surface area contributed by atoms with Crippen LogP contribution in [0, 0.1) is 11.7 Å². The molecule has 2 saturated heterocycles. The second-order valence-electron chi connectivity index (χ2n) is 8.48. The van der Waals surface area contributed by atoms with Crippen molar-refractivity contribution >= 4 is 27.3 Å². The van der Waals surface area contributed by atoms with Crippen LogP contribution >= 0.6 is 0 Å². The van der Waals surface area contributed by atoms with Crippen LogP contribution in [0.4, 0.5) is 15.8 Å². The lowest BCUT2D eigenvalue weighted by atomic mass is 9.98. The van der Waals surface area contributed by atoms with Crippen LogP contribution in [0.1, 0.15) is 12.8 Å². The maximum absolute atomic E-state index is 13.2. The number of likely N-dealkylation sites (N-methyl/N-ethyl adjacent to an activating group) is 1. The molecular formula is C23H29FN4O3S. The summed E-state index contributed by atoms with van der Waals surface area (Å²) in [4.78, 5) is 17.5. The Labute approximate surface area is 188 Å². The highest BCUT2D eigenvalue weighted by Crippen LogP contribution is 2.26. The van der Waals surface area contributed by atoms with Crippen molar-refractivity contribution in [3.63, 3.8) is 0 Å². The molecule has 2 aliphatic rings. The SMILES string of the molecule is CN1CCN(c2ccc(NC(=O)C3CCCN(S(=O)(=O)c4ccc(F)cc4)C3)cc2)CC1. The Morgan fingerprint density at radius 1 is 0.969 bits per heavy atom. The number of hydrogen-bond donors (Lipinski definition) is 1. The summed E-state index contributed by atoms with van der Waals surface area (Å²) < 4.78 is 40.3. The highest BCUT2D eigenvalue weighted by molar-refractivity contribution is 7.89. The van der Waals surface area contributed by atoms with Gasteiger partial charge in [0.05, 0.1) is 10.8 Å². The number of anilines is 2. The Morgan fingerprint density at radius 2 is 1.62 bits per heavy atom. The van der Waals surface area contributed by atoms with Gasteiger partial charge in [-0.15, -0.1) is 0 Å². The predicted octanol–water partition coefficient (Wildman–Crippen LogP) is 2.62. The molecule has 2 aromatic carbocycles. The molecule has 0 spiro atoms. The Bertz CT molecular complexity index is 1040. The molecule has 0 radical (unpaired) electrons. The van der Waals surface area contributed by atoms with E-state index < -0.39 is 21.8 Å². The standard InChI is InChI=1S/C23H29FN4O3S/c1-26-13-15-27(16-14-26)21-8-6-20(7-9-21)25-23(29)18-3-2-12-28(17-18)32(30,31)22-10-4-19(24)5-11-22/h4-11,18H,2-3,12-17H2,1H3,(H,25,29). The van der Waals surface area contributed by atoms with Gasteiger partial charge in [-0.2, -0.15) is 4.31 Å². The van der Waals surface area contributed by atoms with Gasteiger partial charge in [0.2, 0.25) is 15.9 Å². The summed E-state index contributed by atoms with van der Waals surface area (Å²) >= 11 is 0. The van der Waals surface area contributed by atoms with Crippen molar-refractivity contribution in [2.75, 3.05) is 56.5 Å². The molecule has 7 nitrogen and oxygen atoms in total. The zero-order valence-electron chi connectivity index (χ0n) is 18.2. The summed E-state index contributed by atoms with van der Waals surface area (Å²) in [5, 5.41) is 2.93. The number of halogens is 1. The maximum Gasteiger partial charge on any atom is 0.243 e. The van der Waals surface area contributed by atoms with E-state index in [1.807, 2.05) is 24.3 Å². The van der Waals surface area contributed by atoms with Crippen LogP contribution in [-0.4, -0.2) is 69.8 Å². The summed E-state index contributed by atoms with van der Waals surface area (Å²) in [6.07, 6.45) is 1.22. The average Bonchev–Trinajstić information content (AvgIpc) is 2.80. The summed E-state index contributed by atoms with van der Waals surface area (Å²) in [7, 11) is -1.64. The number of rotatable bonds is 5. The number of nitrogens with zero attached hydrogens (tertiary/aromatic N) is 3. The molecule has 4 rings (SSSR count). The lowest BCUT2D eigenvalue weighted by Crippen LogP contribution is -2.44. The lowest BCUT2D eigenvalue weighted by molar-refractivity contribution is -0.120. The first-order chi connectivity index (χ1) is 15.3. The van der Waals surface area contributed by atoms with Crippen LogP contribution in [0.3, 0.4) is 0 Å². The topological polar surface area (TPSA) is 73.0 Å². The van der Waals surface area contributed by atoms with Gasteiger partial charge in [-0.05, 0) is 68.4 Å². The fourth-order valence-electron chi connectivity index (χ4n) is 4.19. The van der Waals surface area contributed by atoms with Crippen LogP contribution < -0.4 is 10.2 Å². The zero-order valence-corrected chi connectivity index (χ0v) is 19.0. The van der Waals surface area contributed by atoms with Crippen molar-refractivity contribution in [1.82, 2.24) is 9.21 Å². The molecule has 1 amide bonds. The normalized spacial score (nSPS) is 20.8. The molecule has 0 aromatic heterocycles. The second kappa shape index (κ2) is 9.56. The fraction of sp³-hybridized carbons (Fsp3) is 0.435. The van der Waals surface area contributed by atoms with E-state index in [1.165, 1.54) is 16.4 Å². The van der Waals surface area contributed by atoms with Crippen molar-refractivity contribution in [3.8, 4) is 0 Å². The van der Waals surface area contributed by atoms with E-state index in [1.54, 1.807) is 0 Å². The molecule has 2 heterocycles. The van der Waals surface area contributed by atoms with Gasteiger partial charge >= 0.3 is 0 Å². The van der Waals surface area contributed by atoms with Crippen molar-refractivity contribution in [3.05, 3.63) is 54.3 Å². The molecule has 1 N–H and O–H groups in total. The van der Waals surface area contributed by atoms with Gasteiger partial charge in [0.25, 0.3) is 0 Å². The minimum atomic E-state index is -3.76. The third-order valence-electron chi connectivity index (χ3n) is 6.21. The Hall–Kier alpha value is -2.49. The van der Waals surface area contributed by atoms with E-state index in [-0.39, 0.29) is 17.3 Å². The third kappa shape index (κ3) is 5.11. The highest BCUT2D eigenvalue weighted by Gasteiger charge is 2.33. The van der Waals surface area contributed by atoms with Crippen molar-refractivity contribution in [1.29, 1.82) is 0 Å². The van der Waals surface area contributed by atoms with Crippen molar-refractivity contribution < 1.29 is 17.6 Å². The van der Waals surface area contributed by atoms with Gasteiger partial charge in [-0.25, -0.2) is 12.8 Å². The van der Waals surface area contributed by atoms with Crippen LogP contribution in [0.15, 0.2) is 53.4 Å². The van der Waals surface area contributed by atoms with E-state index in [4.69, 9.17) is 0 Å². The molecular weight excluding hydrogens is 431 g/mol. The first-order valence-corrected chi connectivity index (χ1v) is 12.4. The first-order valence-electron chi connectivity index (χ1n) is 10.9. The van der Waals surface area contributed by atoms with Gasteiger partial charge in [0.1, 0.15) is 5.82 Å². The van der Waals surface area contributed by atoms with Crippen LogP contribution in [0.2, 0.25) is 0 Å². The average molecular weight is 461 g/mol. The largest absolute Gasteiger partial charge is 0.369 e. The molecule has 2 fully saturated rings. The monoisotopic (exact) mass is 460 g/mol. The molecule has 2 aliphatic heterocycles. The van der Waals surface area contributed by atoms with Gasteiger partial charge in [-0.1, -0.05) is 0 Å². The highest BCUT2D eigenvalue weighted by atomic mass is 32.2. The van der Waals surface area contributed by atoms with Gasteiger partial charge < -0.3 is 15.1 Å². The number of carbonyl (C=O) groups excluding carboxylic acids is 1. The van der Waals surface area contributed by atoms with Gasteiger partial charge in [-0.3, -0.25) is 4.79 Å². The van der Waals surface area contributed by atoms with Crippen LogP contribution in [0.5, 0.6) is 0 Å². The van der Waals surface area contributed by atoms with E-state index in [9.17, 15) is 17.6 Å². The minimum absolute atomic E-state index is 0.0412. The van der Waals surface area contributed by atoms with Crippen molar-refractivity contribution in [2.45, 2.75) is 17.7 Å². The third-order valence-corrected chi connectivity index (χ3v) is 8.09. The van der Waals surface area contributed by atoms with Crippen LogP contribution in [0.25, 0.3) is 0 Å². The van der Waals surface area contributed by atoms with E-state index >= 15 is 0 Å². The summed E-state index contributed by atoms with van der Waals surface area (Å²) in [6.45, 7) is 4.47. The molecule has 172 valence electrons. The molecule has 1 atom stereocenters. The number of hydrogen-bond acceptors (Lipinski definition) is 5. The number of nitrogens with one attached hydrogen (secondary N) is 1. The second-order valence-corrected chi connectivity index (χ2v) is 10.4. The van der Waals surface area contributed by atoms with Gasteiger partial charge in [0, 0.05) is 50.6 Å². The smallest absolute Gasteiger partial charge is 0.243 e. The number of carbonyl (C=O) groups is 1. The Morgan fingerprint density at radius 3 is 2.28 bits per heavy atom. The zero-order chi connectivity index (χ0) is 22.7. The first kappa shape index (κ1) is 22.7. The molecule has 9 heteroatoms. The molecule has 2 aromatic rings. The molecule has 0 aliphatic carbocycles. The lowest BCUT2D eigenvalue weighted by Gasteiger charge is -2.34. The number of piperazine rings is 1. The molecule has 32 heavy (non-hydrogen) atoms. The minimum Gasteiger partial charge on any atom is -0.369 e. The number of sulfonamides is 1. The molecule has 0 bridgehead atoms. The van der Waals surface area contributed by atoms with E-state index in [0.29, 0.717) is 25.1 Å². The summed E-state index contributed by atoms with van der Waals surface area (Å²) in [5.41, 5.74) is 1.83. The van der Waals surface area contributed by atoms with E-state index in [0.717, 1.165) is 44.0 Å². The molecule has 1 unspecified atom stereocenters. The quantitative estimate of drug-likeness (QED) is 0.743. The number of benzene rings is 2. The number of piperidine rings is 1. The fourth-order valence-corrected chi connectivity index (χ4v) is 5.72. The summed E-state index contributed by atoms with van der Waals surface area (Å²) in [5.74, 6) is -1.11. The Kier molecular flexibility index (Phi) is 6.78. The Balaban J connectivity index is 1.37. The molecule has 0 saturated carbocycles.